The maximum Gasteiger partial charge on any atom is 0.328 e. The fraction of sp³-hybridized carbons (Fsp3) is 0. The Labute approximate surface area is 85.1 Å². The average Bonchev–Trinajstić information content (AvgIpc) is 2.58. The lowest BCUT2D eigenvalue weighted by Gasteiger charge is -1.89. The van der Waals surface area contributed by atoms with Gasteiger partial charge in [-0.3, -0.25) is 0 Å². The first-order chi connectivity index (χ1) is 6.77. The molecule has 14 heavy (non-hydrogen) atoms. The zero-order valence-electron chi connectivity index (χ0n) is 7.31. The van der Waals surface area contributed by atoms with E-state index in [2.05, 4.69) is 0 Å². The first-order valence-electron chi connectivity index (χ1n) is 4.14. The molecule has 2 nitrogen and oxygen atoms in total. The second kappa shape index (κ2) is 3.64. The van der Waals surface area contributed by atoms with Gasteiger partial charge in [0.1, 0.15) is 0 Å². The van der Waals surface area contributed by atoms with Gasteiger partial charge in [-0.25, -0.2) is 4.79 Å². The van der Waals surface area contributed by atoms with Crippen molar-refractivity contribution < 1.29 is 9.90 Å². The lowest BCUT2D eigenvalue weighted by Crippen LogP contribution is -1.84. The van der Waals surface area contributed by atoms with E-state index in [4.69, 9.17) is 5.11 Å². The first kappa shape index (κ1) is 8.97. The molecule has 0 fully saturated rings. The van der Waals surface area contributed by atoms with Crippen LogP contribution >= 0.6 is 11.3 Å². The standard InChI is InChI=1S/C11H8O2S/c12-11(13)6-5-8-7-14-10-4-2-1-3-9(8)10/h1-7H,(H,12,13)/b6-5-. The van der Waals surface area contributed by atoms with Crippen LogP contribution in [0.3, 0.4) is 0 Å². The predicted octanol–water partition coefficient (Wildman–Crippen LogP) is 3.00. The van der Waals surface area contributed by atoms with E-state index >= 15 is 0 Å². The van der Waals surface area contributed by atoms with Gasteiger partial charge in [-0.2, -0.15) is 0 Å². The molecule has 0 aliphatic carbocycles. The van der Waals surface area contributed by atoms with Crippen LogP contribution in [-0.2, 0) is 4.79 Å². The van der Waals surface area contributed by atoms with Crippen molar-refractivity contribution in [1.29, 1.82) is 0 Å². The minimum absolute atomic E-state index is 0.916. The molecule has 0 saturated heterocycles. The summed E-state index contributed by atoms with van der Waals surface area (Å²) in [6.07, 6.45) is 2.79. The Balaban J connectivity index is 2.48. The van der Waals surface area contributed by atoms with Gasteiger partial charge in [0.15, 0.2) is 0 Å². The Morgan fingerprint density at radius 2 is 2.14 bits per heavy atom. The zero-order valence-corrected chi connectivity index (χ0v) is 8.12. The molecule has 0 aliphatic heterocycles. The maximum atomic E-state index is 10.3. The summed E-state index contributed by atoms with van der Waals surface area (Å²) < 4.78 is 1.18. The van der Waals surface area contributed by atoms with Crippen LogP contribution in [0, 0.1) is 0 Å². The fourth-order valence-electron chi connectivity index (χ4n) is 1.29. The number of rotatable bonds is 2. The summed E-state index contributed by atoms with van der Waals surface area (Å²) >= 11 is 1.62. The lowest BCUT2D eigenvalue weighted by molar-refractivity contribution is -0.131. The van der Waals surface area contributed by atoms with Crippen molar-refractivity contribution in [3.8, 4) is 0 Å². The summed E-state index contributed by atoms with van der Waals surface area (Å²) in [5.41, 5.74) is 0.966. The van der Waals surface area contributed by atoms with Crippen molar-refractivity contribution in [3.63, 3.8) is 0 Å². The fourth-order valence-corrected chi connectivity index (χ4v) is 2.22. The number of aliphatic carboxylic acids is 1. The molecule has 2 rings (SSSR count). The quantitative estimate of drug-likeness (QED) is 0.763. The summed E-state index contributed by atoms with van der Waals surface area (Å²) in [4.78, 5) is 10.3. The van der Waals surface area contributed by atoms with Gasteiger partial charge in [0.2, 0.25) is 0 Å². The van der Waals surface area contributed by atoms with E-state index in [0.29, 0.717) is 0 Å². The highest BCUT2D eigenvalue weighted by molar-refractivity contribution is 7.17. The Hall–Kier alpha value is -1.61. The van der Waals surface area contributed by atoms with E-state index in [0.717, 1.165) is 17.0 Å². The normalized spacial score (nSPS) is 11.1. The smallest absolute Gasteiger partial charge is 0.328 e. The summed E-state index contributed by atoms with van der Waals surface area (Å²) in [6.45, 7) is 0. The Morgan fingerprint density at radius 3 is 2.93 bits per heavy atom. The van der Waals surface area contributed by atoms with E-state index < -0.39 is 5.97 Å². The maximum absolute atomic E-state index is 10.3. The molecule has 0 bridgehead atoms. The van der Waals surface area contributed by atoms with Gasteiger partial charge in [0.05, 0.1) is 0 Å². The van der Waals surface area contributed by atoms with Crippen LogP contribution in [0.5, 0.6) is 0 Å². The van der Waals surface area contributed by atoms with Crippen LogP contribution in [-0.4, -0.2) is 11.1 Å². The summed E-state index contributed by atoms with van der Waals surface area (Å²) in [5.74, 6) is -0.916. The van der Waals surface area contributed by atoms with Gasteiger partial charge >= 0.3 is 5.97 Å². The van der Waals surface area contributed by atoms with Crippen LogP contribution < -0.4 is 0 Å². The monoisotopic (exact) mass is 204 g/mol. The molecule has 0 spiro atoms. The Kier molecular flexibility index (Phi) is 2.33. The molecule has 0 unspecified atom stereocenters. The number of hydrogen-bond donors (Lipinski definition) is 1. The van der Waals surface area contributed by atoms with Crippen LogP contribution in [0.2, 0.25) is 0 Å². The van der Waals surface area contributed by atoms with Gasteiger partial charge in [-0.05, 0) is 28.5 Å². The molecule has 1 aromatic carbocycles. The molecule has 1 N–H and O–H groups in total. The Morgan fingerprint density at radius 1 is 1.36 bits per heavy atom. The average molecular weight is 204 g/mol. The van der Waals surface area contributed by atoms with Crippen molar-refractivity contribution in [1.82, 2.24) is 0 Å². The van der Waals surface area contributed by atoms with Crippen LogP contribution in [0.15, 0.2) is 35.7 Å². The van der Waals surface area contributed by atoms with E-state index in [-0.39, 0.29) is 0 Å². The zero-order chi connectivity index (χ0) is 9.97. The van der Waals surface area contributed by atoms with Crippen molar-refractivity contribution in [2.24, 2.45) is 0 Å². The summed E-state index contributed by atoms with van der Waals surface area (Å²) in [6, 6.07) is 7.95. The molecular formula is C11H8O2S. The SMILES string of the molecule is O=C(O)/C=C\c1csc2ccccc12. The summed E-state index contributed by atoms with van der Waals surface area (Å²) in [7, 11) is 0. The van der Waals surface area contributed by atoms with Crippen molar-refractivity contribution in [2.45, 2.75) is 0 Å². The van der Waals surface area contributed by atoms with Gasteiger partial charge in [-0.15, -0.1) is 11.3 Å². The number of thiophene rings is 1. The van der Waals surface area contributed by atoms with Crippen molar-refractivity contribution >= 4 is 33.5 Å². The molecule has 2 aromatic rings. The van der Waals surface area contributed by atoms with Gasteiger partial charge < -0.3 is 5.11 Å². The van der Waals surface area contributed by atoms with Crippen molar-refractivity contribution in [3.05, 3.63) is 41.3 Å². The largest absolute Gasteiger partial charge is 0.478 e. The van der Waals surface area contributed by atoms with E-state index in [9.17, 15) is 4.79 Å². The highest BCUT2D eigenvalue weighted by Crippen LogP contribution is 2.26. The van der Waals surface area contributed by atoms with Gasteiger partial charge in [0, 0.05) is 10.8 Å². The number of hydrogen-bond acceptors (Lipinski definition) is 2. The van der Waals surface area contributed by atoms with Gasteiger partial charge in [-0.1, -0.05) is 18.2 Å². The predicted molar refractivity (Wildman–Crippen MR) is 58.5 cm³/mol. The third kappa shape index (κ3) is 1.67. The Bertz CT molecular complexity index is 497. The molecule has 0 saturated carbocycles. The minimum Gasteiger partial charge on any atom is -0.478 e. The van der Waals surface area contributed by atoms with E-state index in [1.807, 2.05) is 29.6 Å². The number of carboxylic acids is 1. The van der Waals surface area contributed by atoms with Crippen molar-refractivity contribution in [2.75, 3.05) is 0 Å². The molecule has 0 radical (unpaired) electrons. The van der Waals surface area contributed by atoms with E-state index in [1.54, 1.807) is 17.4 Å². The number of fused-ring (bicyclic) bond motifs is 1. The molecule has 1 heterocycles. The lowest BCUT2D eigenvalue weighted by atomic mass is 10.2. The molecule has 3 heteroatoms. The van der Waals surface area contributed by atoms with Gasteiger partial charge in [0.25, 0.3) is 0 Å². The molecule has 70 valence electrons. The molecular weight excluding hydrogens is 196 g/mol. The summed E-state index contributed by atoms with van der Waals surface area (Å²) in [5, 5.41) is 11.6. The number of carbonyl (C=O) groups is 1. The van der Waals surface area contributed by atoms with Crippen LogP contribution in [0.1, 0.15) is 5.56 Å². The number of benzene rings is 1. The molecule has 0 aliphatic rings. The molecule has 0 amide bonds. The highest BCUT2D eigenvalue weighted by atomic mass is 32.1. The number of carboxylic acid groups (broad SMARTS) is 1. The first-order valence-corrected chi connectivity index (χ1v) is 5.02. The highest BCUT2D eigenvalue weighted by Gasteiger charge is 1.99. The van der Waals surface area contributed by atoms with Crippen LogP contribution in [0.4, 0.5) is 0 Å². The third-order valence-corrected chi connectivity index (χ3v) is 2.90. The molecule has 1 aromatic heterocycles. The minimum atomic E-state index is -0.916. The molecule has 0 atom stereocenters. The second-order valence-electron chi connectivity index (χ2n) is 2.86. The topological polar surface area (TPSA) is 37.3 Å². The third-order valence-electron chi connectivity index (χ3n) is 1.92. The van der Waals surface area contributed by atoms with E-state index in [1.165, 1.54) is 4.70 Å². The second-order valence-corrected chi connectivity index (χ2v) is 3.77. The van der Waals surface area contributed by atoms with Crippen LogP contribution in [0.25, 0.3) is 16.2 Å².